The van der Waals surface area contributed by atoms with Crippen molar-refractivity contribution in [1.82, 2.24) is 4.98 Å². The van der Waals surface area contributed by atoms with E-state index in [1.165, 1.54) is 9.79 Å². The molecule has 1 saturated carbocycles. The van der Waals surface area contributed by atoms with Gasteiger partial charge in [0.15, 0.2) is 0 Å². The maximum atomic E-state index is 12.3. The number of aliphatic imine (C=N–C) groups is 1. The van der Waals surface area contributed by atoms with Gasteiger partial charge in [0.1, 0.15) is 0 Å². The van der Waals surface area contributed by atoms with Gasteiger partial charge in [0.05, 0.1) is 0 Å². The first-order valence-corrected chi connectivity index (χ1v) is 14.3. The zero-order chi connectivity index (χ0) is 24.6. The van der Waals surface area contributed by atoms with Crippen LogP contribution in [0.1, 0.15) is 50.6 Å². The number of fused-ring (bicyclic) bond motifs is 1. The van der Waals surface area contributed by atoms with Crippen LogP contribution in [-0.2, 0) is 0 Å². The Bertz CT molecular complexity index is 1120. The number of alkyl halides is 3. The number of unbranched alkanes of at least 4 members (excludes halogenated alkanes) is 1. The second kappa shape index (κ2) is 12.3. The number of halogens is 3. The van der Waals surface area contributed by atoms with E-state index in [2.05, 4.69) is 39.6 Å². The molecule has 0 aromatic carbocycles. The van der Waals surface area contributed by atoms with Gasteiger partial charge in [-0.25, -0.2) is 8.78 Å². The minimum atomic E-state index is -2.25. The molecule has 1 aromatic heterocycles. The molecule has 0 amide bonds. The fraction of sp³-hybridized carbons (Fsp3) is 0.407. The van der Waals surface area contributed by atoms with Crippen LogP contribution < -0.4 is 26.5 Å². The molecule has 4 rings (SSSR count). The van der Waals surface area contributed by atoms with Crippen molar-refractivity contribution in [3.63, 3.8) is 0 Å². The van der Waals surface area contributed by atoms with Gasteiger partial charge in [-0.15, -0.1) is 0 Å². The predicted octanol–water partition coefficient (Wildman–Crippen LogP) is 3.29. The predicted molar refractivity (Wildman–Crippen MR) is 132 cm³/mol. The normalized spacial score (nSPS) is 24.3. The number of hydrogen-bond donors (Lipinski definition) is 2. The van der Waals surface area contributed by atoms with E-state index < -0.39 is 27.6 Å². The van der Waals surface area contributed by atoms with Gasteiger partial charge in [-0.3, -0.25) is 0 Å². The number of aromatic nitrogens is 1. The number of dihydropyridines is 1. The van der Waals surface area contributed by atoms with Gasteiger partial charge in [0, 0.05) is 6.42 Å². The first-order valence-electron chi connectivity index (χ1n) is 12.0. The standard InChI is InChI=1S/C27H29F2IN5/c28-26(29)4-2-1-3-21(16-32)19-5-8-22(9-6-19)35-23-11-12-33-25(14-23)24-10-7-20-13-18(15-31)17-34-27(20)30-24/h3,7,10-14,16-17,19,22,26-27,32H,1-2,4-6,8-9H2,(H,33,35)/q-1/b21-3+,32-16?. The number of allylic oxidation sites excluding steroid dienone is 5. The van der Waals surface area contributed by atoms with E-state index in [9.17, 15) is 8.78 Å². The fourth-order valence-electron chi connectivity index (χ4n) is 4.60. The van der Waals surface area contributed by atoms with E-state index >= 15 is 0 Å². The first-order chi connectivity index (χ1) is 17.1. The topological polar surface area (TPSA) is 84.9 Å². The number of nitrogens with zero attached hydrogens (tertiary/aromatic N) is 3. The quantitative estimate of drug-likeness (QED) is 0.153. The van der Waals surface area contributed by atoms with Crippen LogP contribution >= 0.6 is 0 Å². The molecule has 3 heterocycles. The molecular weight excluding hydrogens is 559 g/mol. The van der Waals surface area contributed by atoms with Crippen LogP contribution in [0.15, 0.2) is 64.3 Å². The second-order valence-electron chi connectivity index (χ2n) is 8.91. The Morgan fingerprint density at radius 3 is 2.86 bits per heavy atom. The Labute approximate surface area is 215 Å². The molecule has 2 aliphatic heterocycles. The molecule has 0 radical (unpaired) electrons. The number of nitrogens with one attached hydrogen (secondary N) is 2. The van der Waals surface area contributed by atoms with Crippen molar-refractivity contribution in [2.45, 2.75) is 61.5 Å². The Morgan fingerprint density at radius 1 is 1.29 bits per heavy atom. The Balaban J connectivity index is 1.33. The molecule has 3 aliphatic rings. The minimum absolute atomic E-state index is 0.0737. The van der Waals surface area contributed by atoms with Crippen LogP contribution in [0, 0.1) is 22.7 Å². The summed E-state index contributed by atoms with van der Waals surface area (Å²) in [5, 5.41) is 20.5. The van der Waals surface area contributed by atoms with Crippen molar-refractivity contribution in [3.05, 3.63) is 65.0 Å². The van der Waals surface area contributed by atoms with Crippen LogP contribution in [0.2, 0.25) is 0 Å². The molecule has 1 aromatic rings. The van der Waals surface area contributed by atoms with Crippen molar-refractivity contribution in [2.24, 2.45) is 10.9 Å². The molecule has 35 heavy (non-hydrogen) atoms. The van der Waals surface area contributed by atoms with Crippen molar-refractivity contribution >= 4 is 21.7 Å². The van der Waals surface area contributed by atoms with Crippen LogP contribution in [-0.4, -0.2) is 33.9 Å². The average molecular weight is 588 g/mol. The van der Waals surface area contributed by atoms with Gasteiger partial charge >= 0.3 is 188 Å². The molecule has 2 N–H and O–H groups in total. The summed E-state index contributed by atoms with van der Waals surface area (Å²) in [6.45, 7) is 0. The number of pyridine rings is 1. The summed E-state index contributed by atoms with van der Waals surface area (Å²) in [4.78, 5) is 9.19. The monoisotopic (exact) mass is 588 g/mol. The third-order valence-corrected chi connectivity index (χ3v) is 9.67. The van der Waals surface area contributed by atoms with Gasteiger partial charge in [-0.2, -0.15) is 0 Å². The van der Waals surface area contributed by atoms with Crippen LogP contribution in [0.25, 0.3) is 3.58 Å². The summed E-state index contributed by atoms with van der Waals surface area (Å²) >= 11 is -0.394. The summed E-state index contributed by atoms with van der Waals surface area (Å²) in [6.07, 6.45) is 15.8. The number of nitriles is 1. The van der Waals surface area contributed by atoms with Crippen LogP contribution in [0.3, 0.4) is 0 Å². The van der Waals surface area contributed by atoms with E-state index in [-0.39, 0.29) is 10.5 Å². The van der Waals surface area contributed by atoms with Crippen molar-refractivity contribution < 1.29 is 30.0 Å². The van der Waals surface area contributed by atoms with Crippen molar-refractivity contribution in [3.8, 4) is 6.07 Å². The van der Waals surface area contributed by atoms with Gasteiger partial charge in [0.25, 0.3) is 0 Å². The molecule has 8 heteroatoms. The van der Waals surface area contributed by atoms with Crippen LogP contribution in [0.5, 0.6) is 0 Å². The molecule has 1 fully saturated rings. The molecule has 1 unspecified atom stereocenters. The van der Waals surface area contributed by atoms with Gasteiger partial charge in [0.2, 0.25) is 6.43 Å². The number of anilines is 1. The van der Waals surface area contributed by atoms with Gasteiger partial charge < -0.3 is 0 Å². The molecule has 1 atom stereocenters. The van der Waals surface area contributed by atoms with Crippen LogP contribution in [0.4, 0.5) is 14.5 Å². The Morgan fingerprint density at radius 2 is 2.11 bits per heavy atom. The van der Waals surface area contributed by atoms with Gasteiger partial charge in [-0.1, -0.05) is 0 Å². The van der Waals surface area contributed by atoms with E-state index in [1.807, 2.05) is 24.4 Å². The molecule has 1 aliphatic carbocycles. The summed E-state index contributed by atoms with van der Waals surface area (Å²) in [5.41, 5.74) is 4.75. The van der Waals surface area contributed by atoms with E-state index in [0.29, 0.717) is 30.4 Å². The molecule has 0 saturated heterocycles. The fourth-order valence-corrected chi connectivity index (χ4v) is 7.30. The SMILES string of the molecule is N#CC1=CC2=CC=C(c3cc(NC4CCC(/C(C=N)=C/CCCC(F)F)CC4)ccn3)[I-]C2N=C1. The first kappa shape index (κ1) is 25.4. The van der Waals surface area contributed by atoms with Crippen molar-refractivity contribution in [1.29, 1.82) is 10.7 Å². The average Bonchev–Trinajstić information content (AvgIpc) is 2.89. The Hall–Kier alpha value is -2.67. The summed E-state index contributed by atoms with van der Waals surface area (Å²) in [6, 6.07) is 6.64. The third-order valence-electron chi connectivity index (χ3n) is 6.46. The molecular formula is C27H29F2IN5-. The molecule has 0 bridgehead atoms. The van der Waals surface area contributed by atoms with E-state index in [1.54, 1.807) is 6.21 Å². The third kappa shape index (κ3) is 6.94. The molecule has 184 valence electrons. The zero-order valence-electron chi connectivity index (χ0n) is 19.4. The van der Waals surface area contributed by atoms with E-state index in [4.69, 9.17) is 10.7 Å². The number of rotatable bonds is 9. The van der Waals surface area contributed by atoms with Crippen molar-refractivity contribution in [2.75, 3.05) is 5.32 Å². The Kier molecular flexibility index (Phi) is 8.96. The molecule has 5 nitrogen and oxygen atoms in total. The summed E-state index contributed by atoms with van der Waals surface area (Å²) in [5.74, 6) is 0.342. The van der Waals surface area contributed by atoms with Gasteiger partial charge in [-0.05, 0) is 6.42 Å². The maximum absolute atomic E-state index is 12.3. The van der Waals surface area contributed by atoms with E-state index in [0.717, 1.165) is 48.2 Å². The number of hydrogen-bond acceptors (Lipinski definition) is 5. The molecule has 0 spiro atoms. The second-order valence-corrected chi connectivity index (χ2v) is 11.9. The summed E-state index contributed by atoms with van der Waals surface area (Å²) in [7, 11) is 0. The zero-order valence-corrected chi connectivity index (χ0v) is 21.6. The summed E-state index contributed by atoms with van der Waals surface area (Å²) < 4.78 is 26.1.